The zero-order valence-electron chi connectivity index (χ0n) is 15.4. The predicted molar refractivity (Wildman–Crippen MR) is 101 cm³/mol. The summed E-state index contributed by atoms with van der Waals surface area (Å²) in [5.74, 6) is 1.13. The van der Waals surface area contributed by atoms with Crippen LogP contribution < -0.4 is 0 Å². The standard InChI is InChI=1S/C19H20FN5OS/c1-4-15-16-11(2)24(19(26)13-5-7-14(20)8-6-13)9-10-25(16)17(22-15)18-21-12(3)23-27-18/h5-8,11H,4,9-10H2,1-3H3/t11-/m1/s1. The van der Waals surface area contributed by atoms with Crippen LogP contribution in [0.1, 0.15) is 47.5 Å². The number of fused-ring (bicyclic) bond motifs is 1. The molecule has 0 saturated carbocycles. The van der Waals surface area contributed by atoms with E-state index in [-0.39, 0.29) is 17.8 Å². The lowest BCUT2D eigenvalue weighted by atomic mass is 10.1. The Bertz CT molecular complexity index is 994. The lowest BCUT2D eigenvalue weighted by Gasteiger charge is -2.35. The van der Waals surface area contributed by atoms with Gasteiger partial charge in [-0.3, -0.25) is 4.79 Å². The van der Waals surface area contributed by atoms with E-state index < -0.39 is 0 Å². The second kappa shape index (κ2) is 6.84. The number of aryl methyl sites for hydroxylation is 2. The van der Waals surface area contributed by atoms with E-state index in [1.54, 1.807) is 0 Å². The summed E-state index contributed by atoms with van der Waals surface area (Å²) in [5.41, 5.74) is 2.51. The molecular formula is C19H20FN5OS. The molecule has 0 fully saturated rings. The van der Waals surface area contributed by atoms with Crippen molar-refractivity contribution >= 4 is 17.4 Å². The molecule has 3 heterocycles. The molecule has 0 N–H and O–H groups in total. The van der Waals surface area contributed by atoms with Crippen LogP contribution in [0.15, 0.2) is 24.3 Å². The second-order valence-electron chi connectivity index (χ2n) is 6.60. The average molecular weight is 385 g/mol. The molecule has 27 heavy (non-hydrogen) atoms. The average Bonchev–Trinajstić information content (AvgIpc) is 3.26. The van der Waals surface area contributed by atoms with Crippen molar-refractivity contribution in [3.05, 3.63) is 52.9 Å². The number of carbonyl (C=O) groups excluding carboxylic acids is 1. The van der Waals surface area contributed by atoms with Gasteiger partial charge in [0.25, 0.3) is 5.91 Å². The Morgan fingerprint density at radius 2 is 2.00 bits per heavy atom. The van der Waals surface area contributed by atoms with E-state index >= 15 is 0 Å². The second-order valence-corrected chi connectivity index (χ2v) is 7.35. The van der Waals surface area contributed by atoms with Crippen LogP contribution in [0, 0.1) is 12.7 Å². The number of hydrogen-bond donors (Lipinski definition) is 0. The van der Waals surface area contributed by atoms with E-state index in [0.29, 0.717) is 18.7 Å². The molecule has 6 nitrogen and oxygen atoms in total. The van der Waals surface area contributed by atoms with Gasteiger partial charge in [-0.15, -0.1) is 0 Å². The maximum absolute atomic E-state index is 13.2. The summed E-state index contributed by atoms with van der Waals surface area (Å²) in [6, 6.07) is 5.58. The Balaban J connectivity index is 1.71. The first-order valence-corrected chi connectivity index (χ1v) is 9.73. The highest BCUT2D eigenvalue weighted by Gasteiger charge is 2.33. The van der Waals surface area contributed by atoms with E-state index in [0.717, 1.165) is 34.5 Å². The van der Waals surface area contributed by atoms with E-state index in [1.807, 2.05) is 18.7 Å². The Kier molecular flexibility index (Phi) is 4.51. The van der Waals surface area contributed by atoms with Gasteiger partial charge < -0.3 is 9.47 Å². The molecule has 1 aromatic carbocycles. The third-order valence-corrected chi connectivity index (χ3v) is 5.72. The van der Waals surface area contributed by atoms with Crippen LogP contribution >= 0.6 is 11.5 Å². The summed E-state index contributed by atoms with van der Waals surface area (Å²) < 4.78 is 19.6. The fraction of sp³-hybridized carbons (Fsp3) is 0.368. The van der Waals surface area contributed by atoms with E-state index in [1.165, 1.54) is 35.8 Å². The van der Waals surface area contributed by atoms with Gasteiger partial charge in [-0.25, -0.2) is 14.4 Å². The zero-order chi connectivity index (χ0) is 19.1. The normalized spacial score (nSPS) is 16.4. The molecule has 0 aliphatic carbocycles. The third kappa shape index (κ3) is 3.03. The fourth-order valence-electron chi connectivity index (χ4n) is 3.60. The largest absolute Gasteiger partial charge is 0.329 e. The van der Waals surface area contributed by atoms with Crippen molar-refractivity contribution in [1.29, 1.82) is 0 Å². The number of amides is 1. The molecule has 0 saturated heterocycles. The first-order valence-electron chi connectivity index (χ1n) is 8.96. The lowest BCUT2D eigenvalue weighted by molar-refractivity contribution is 0.0643. The molecule has 1 atom stereocenters. The molecule has 140 valence electrons. The smallest absolute Gasteiger partial charge is 0.254 e. The topological polar surface area (TPSA) is 63.9 Å². The molecule has 2 aromatic heterocycles. The van der Waals surface area contributed by atoms with E-state index in [2.05, 4.69) is 20.8 Å². The van der Waals surface area contributed by atoms with Crippen molar-refractivity contribution in [2.45, 2.75) is 39.8 Å². The Morgan fingerprint density at radius 1 is 1.26 bits per heavy atom. The highest BCUT2D eigenvalue weighted by atomic mass is 32.1. The van der Waals surface area contributed by atoms with Crippen LogP contribution in [0.2, 0.25) is 0 Å². The molecule has 0 radical (unpaired) electrons. The first-order chi connectivity index (χ1) is 13.0. The van der Waals surface area contributed by atoms with Crippen LogP contribution in [-0.4, -0.2) is 36.3 Å². The number of halogens is 1. The van der Waals surface area contributed by atoms with Gasteiger partial charge in [-0.2, -0.15) is 4.37 Å². The van der Waals surface area contributed by atoms with E-state index in [4.69, 9.17) is 4.98 Å². The number of benzene rings is 1. The minimum Gasteiger partial charge on any atom is -0.329 e. The first kappa shape index (κ1) is 17.8. The summed E-state index contributed by atoms with van der Waals surface area (Å²) in [6.45, 7) is 7.16. The van der Waals surface area contributed by atoms with Crippen molar-refractivity contribution in [3.8, 4) is 10.8 Å². The molecule has 0 bridgehead atoms. The Labute approximate surface area is 160 Å². The van der Waals surface area contributed by atoms with Crippen molar-refractivity contribution in [2.24, 2.45) is 0 Å². The molecule has 8 heteroatoms. The number of carbonyl (C=O) groups is 1. The number of aromatic nitrogens is 4. The van der Waals surface area contributed by atoms with Gasteiger partial charge >= 0.3 is 0 Å². The Morgan fingerprint density at radius 3 is 2.63 bits per heavy atom. The SMILES string of the molecule is CCc1nc(-c2nc(C)ns2)n2c1[C@@H](C)N(C(=O)c1ccc(F)cc1)CC2. The van der Waals surface area contributed by atoms with Crippen LogP contribution in [0.25, 0.3) is 10.8 Å². The summed E-state index contributed by atoms with van der Waals surface area (Å²) in [4.78, 5) is 24.1. The van der Waals surface area contributed by atoms with Gasteiger partial charge in [0.1, 0.15) is 11.6 Å². The molecular weight excluding hydrogens is 365 g/mol. The summed E-state index contributed by atoms with van der Waals surface area (Å²) in [7, 11) is 0. The monoisotopic (exact) mass is 385 g/mol. The molecule has 1 aliphatic rings. The molecule has 4 rings (SSSR count). The molecule has 1 aliphatic heterocycles. The summed E-state index contributed by atoms with van der Waals surface area (Å²) in [6.07, 6.45) is 0.774. The molecule has 0 unspecified atom stereocenters. The quantitative estimate of drug-likeness (QED) is 0.691. The number of nitrogens with zero attached hydrogens (tertiary/aromatic N) is 5. The minimum atomic E-state index is -0.346. The van der Waals surface area contributed by atoms with Crippen molar-refractivity contribution in [1.82, 2.24) is 23.8 Å². The zero-order valence-corrected chi connectivity index (χ0v) is 16.3. The molecule has 0 spiro atoms. The van der Waals surface area contributed by atoms with Gasteiger partial charge in [0, 0.05) is 18.7 Å². The van der Waals surface area contributed by atoms with Crippen LogP contribution in [0.3, 0.4) is 0 Å². The highest BCUT2D eigenvalue weighted by Crippen LogP contribution is 2.34. The summed E-state index contributed by atoms with van der Waals surface area (Å²) >= 11 is 1.35. The van der Waals surface area contributed by atoms with Crippen LogP contribution in [0.4, 0.5) is 4.39 Å². The van der Waals surface area contributed by atoms with Crippen molar-refractivity contribution in [2.75, 3.05) is 6.54 Å². The fourth-order valence-corrected chi connectivity index (χ4v) is 4.27. The van der Waals surface area contributed by atoms with E-state index in [9.17, 15) is 9.18 Å². The third-order valence-electron chi connectivity index (χ3n) is 4.92. The number of imidazole rings is 1. The summed E-state index contributed by atoms with van der Waals surface area (Å²) in [5, 5.41) is 0.805. The van der Waals surface area contributed by atoms with Crippen molar-refractivity contribution < 1.29 is 9.18 Å². The minimum absolute atomic E-state index is 0.0923. The van der Waals surface area contributed by atoms with Gasteiger partial charge in [0.15, 0.2) is 10.8 Å². The van der Waals surface area contributed by atoms with Gasteiger partial charge in [0.05, 0.1) is 17.4 Å². The van der Waals surface area contributed by atoms with Crippen LogP contribution in [-0.2, 0) is 13.0 Å². The maximum Gasteiger partial charge on any atom is 0.254 e. The predicted octanol–water partition coefficient (Wildman–Crippen LogP) is 3.63. The van der Waals surface area contributed by atoms with Crippen LogP contribution in [0.5, 0.6) is 0 Å². The number of hydrogen-bond acceptors (Lipinski definition) is 5. The van der Waals surface area contributed by atoms with Gasteiger partial charge in [-0.1, -0.05) is 6.92 Å². The van der Waals surface area contributed by atoms with Gasteiger partial charge in [0.2, 0.25) is 0 Å². The molecule has 1 amide bonds. The molecule has 3 aromatic rings. The van der Waals surface area contributed by atoms with Crippen molar-refractivity contribution in [3.63, 3.8) is 0 Å². The Hall–Kier alpha value is -2.61. The van der Waals surface area contributed by atoms with Gasteiger partial charge in [-0.05, 0) is 56.1 Å². The highest BCUT2D eigenvalue weighted by molar-refractivity contribution is 7.09. The lowest BCUT2D eigenvalue weighted by Crippen LogP contribution is -2.41. The maximum atomic E-state index is 13.2. The number of rotatable bonds is 3.